The molecule has 2 aromatic carbocycles. The summed E-state index contributed by atoms with van der Waals surface area (Å²) in [4.78, 5) is 0. The van der Waals surface area contributed by atoms with Crippen LogP contribution in [0.5, 0.6) is 11.5 Å². The van der Waals surface area contributed by atoms with E-state index in [1.54, 1.807) is 14.2 Å². The van der Waals surface area contributed by atoms with Crippen molar-refractivity contribution in [1.29, 1.82) is 0 Å². The molecule has 0 heterocycles. The molecule has 0 bridgehead atoms. The predicted molar refractivity (Wildman–Crippen MR) is 123 cm³/mol. The minimum Gasteiger partial charge on any atom is -0.497 e. The molecule has 0 spiro atoms. The summed E-state index contributed by atoms with van der Waals surface area (Å²) in [6, 6.07) is 17.1. The van der Waals surface area contributed by atoms with Gasteiger partial charge in [-0.2, -0.15) is 0 Å². The fourth-order valence-electron chi connectivity index (χ4n) is 3.08. The van der Waals surface area contributed by atoms with Crippen molar-refractivity contribution >= 4 is 24.8 Å². The summed E-state index contributed by atoms with van der Waals surface area (Å²) < 4.78 is 10.6. The number of methoxy groups -OCH3 is 2. The van der Waals surface area contributed by atoms with Gasteiger partial charge in [0.2, 0.25) is 0 Å². The van der Waals surface area contributed by atoms with Crippen molar-refractivity contribution in [3.63, 3.8) is 0 Å². The lowest BCUT2D eigenvalue weighted by molar-refractivity contribution is 0.382. The third-order valence-corrected chi connectivity index (χ3v) is 4.51. The van der Waals surface area contributed by atoms with Crippen molar-refractivity contribution in [2.24, 2.45) is 0 Å². The summed E-state index contributed by atoms with van der Waals surface area (Å²) >= 11 is 0. The van der Waals surface area contributed by atoms with Gasteiger partial charge >= 0.3 is 0 Å². The van der Waals surface area contributed by atoms with E-state index in [-0.39, 0.29) is 36.9 Å². The van der Waals surface area contributed by atoms with E-state index >= 15 is 0 Å². The van der Waals surface area contributed by atoms with Crippen LogP contribution in [0.4, 0.5) is 0 Å². The minimum absolute atomic E-state index is 0. The normalized spacial score (nSPS) is 12.3. The fraction of sp³-hybridized carbons (Fsp3) is 0.455. The standard InChI is InChI=1S/C22H32N2O2.2ClH/c1-5-15-23-21(17-7-11-19(25-3)12-8-17)22(24-16-6-2)18-9-13-20(26-4)14-10-18;;/h7-14,21-24H,5-6,15-16H2,1-4H3;2*1H. The summed E-state index contributed by atoms with van der Waals surface area (Å²) in [6.45, 7) is 6.33. The second kappa shape index (κ2) is 14.5. The average Bonchev–Trinajstić information content (AvgIpc) is 2.71. The molecule has 0 saturated heterocycles. The van der Waals surface area contributed by atoms with Crippen molar-refractivity contribution in [2.45, 2.75) is 38.8 Å². The molecule has 6 heteroatoms. The Bertz CT molecular complexity index is 578. The number of hydrogen-bond donors (Lipinski definition) is 2. The van der Waals surface area contributed by atoms with Gasteiger partial charge in [-0.15, -0.1) is 24.8 Å². The van der Waals surface area contributed by atoms with Gasteiger partial charge in [0.1, 0.15) is 11.5 Å². The van der Waals surface area contributed by atoms with Crippen LogP contribution in [0.25, 0.3) is 0 Å². The van der Waals surface area contributed by atoms with Crippen molar-refractivity contribution in [3.05, 3.63) is 59.7 Å². The van der Waals surface area contributed by atoms with E-state index in [0.29, 0.717) is 0 Å². The average molecular weight is 429 g/mol. The SMILES string of the molecule is CCCNC(c1ccc(OC)cc1)C(NCCC)c1ccc(OC)cc1.Cl.Cl. The second-order valence-corrected chi connectivity index (χ2v) is 6.41. The summed E-state index contributed by atoms with van der Waals surface area (Å²) in [5.41, 5.74) is 2.51. The topological polar surface area (TPSA) is 42.5 Å². The molecule has 2 N–H and O–H groups in total. The molecule has 0 saturated carbocycles. The van der Waals surface area contributed by atoms with Gasteiger partial charge in [-0.05, 0) is 61.3 Å². The second-order valence-electron chi connectivity index (χ2n) is 6.41. The van der Waals surface area contributed by atoms with Crippen LogP contribution >= 0.6 is 24.8 Å². The first-order chi connectivity index (χ1) is 12.7. The van der Waals surface area contributed by atoms with Gasteiger partial charge < -0.3 is 20.1 Å². The quantitative estimate of drug-likeness (QED) is 0.507. The Morgan fingerprint density at radius 3 is 1.21 bits per heavy atom. The zero-order valence-corrected chi connectivity index (χ0v) is 18.9. The summed E-state index contributed by atoms with van der Waals surface area (Å²) in [6.07, 6.45) is 2.19. The monoisotopic (exact) mass is 428 g/mol. The van der Waals surface area contributed by atoms with Gasteiger partial charge in [-0.3, -0.25) is 0 Å². The first-order valence-corrected chi connectivity index (χ1v) is 9.48. The number of rotatable bonds is 11. The lowest BCUT2D eigenvalue weighted by atomic mass is 9.92. The van der Waals surface area contributed by atoms with Crippen molar-refractivity contribution in [3.8, 4) is 11.5 Å². The number of hydrogen-bond acceptors (Lipinski definition) is 4. The van der Waals surface area contributed by atoms with E-state index in [9.17, 15) is 0 Å². The Morgan fingerprint density at radius 1 is 0.643 bits per heavy atom. The maximum absolute atomic E-state index is 5.32. The van der Waals surface area contributed by atoms with Gasteiger partial charge in [0, 0.05) is 0 Å². The van der Waals surface area contributed by atoms with Gasteiger partial charge in [-0.25, -0.2) is 0 Å². The molecule has 0 aromatic heterocycles. The van der Waals surface area contributed by atoms with Crippen LogP contribution in [0.1, 0.15) is 49.9 Å². The first-order valence-electron chi connectivity index (χ1n) is 9.48. The first kappa shape index (κ1) is 26.5. The summed E-state index contributed by atoms with van der Waals surface area (Å²) in [5, 5.41) is 7.45. The summed E-state index contributed by atoms with van der Waals surface area (Å²) in [5.74, 6) is 1.76. The predicted octanol–water partition coefficient (Wildman–Crippen LogP) is 5.33. The van der Waals surface area contributed by atoms with E-state index in [1.165, 1.54) is 11.1 Å². The molecule has 0 radical (unpaired) electrons. The van der Waals surface area contributed by atoms with Crippen LogP contribution in [0.3, 0.4) is 0 Å². The molecule has 0 amide bonds. The van der Waals surface area contributed by atoms with E-state index in [4.69, 9.17) is 9.47 Å². The van der Waals surface area contributed by atoms with Crippen LogP contribution in [0.15, 0.2) is 48.5 Å². The van der Waals surface area contributed by atoms with Gasteiger partial charge in [0.25, 0.3) is 0 Å². The third kappa shape index (κ3) is 7.51. The maximum atomic E-state index is 5.32. The molecule has 4 nitrogen and oxygen atoms in total. The minimum atomic E-state index is 0. The van der Waals surface area contributed by atoms with Crippen molar-refractivity contribution in [1.82, 2.24) is 10.6 Å². The molecule has 0 aliphatic heterocycles. The molecule has 2 aromatic rings. The molecule has 28 heavy (non-hydrogen) atoms. The van der Waals surface area contributed by atoms with E-state index in [0.717, 1.165) is 37.4 Å². The molecule has 2 unspecified atom stereocenters. The smallest absolute Gasteiger partial charge is 0.118 e. The Morgan fingerprint density at radius 2 is 0.964 bits per heavy atom. The van der Waals surface area contributed by atoms with Crippen LogP contribution in [-0.4, -0.2) is 27.3 Å². The van der Waals surface area contributed by atoms with Crippen LogP contribution in [0.2, 0.25) is 0 Å². The molecular weight excluding hydrogens is 395 g/mol. The zero-order chi connectivity index (χ0) is 18.8. The highest BCUT2D eigenvalue weighted by Gasteiger charge is 2.24. The molecule has 0 aliphatic carbocycles. The van der Waals surface area contributed by atoms with Crippen molar-refractivity contribution in [2.75, 3.05) is 27.3 Å². The third-order valence-electron chi connectivity index (χ3n) is 4.51. The molecule has 0 fully saturated rings. The Hall–Kier alpha value is -1.46. The Kier molecular flexibility index (Phi) is 13.8. The van der Waals surface area contributed by atoms with E-state index < -0.39 is 0 Å². The lowest BCUT2D eigenvalue weighted by Gasteiger charge is -2.30. The fourth-order valence-corrected chi connectivity index (χ4v) is 3.08. The zero-order valence-electron chi connectivity index (χ0n) is 17.2. The van der Waals surface area contributed by atoms with Gasteiger partial charge in [0.05, 0.1) is 26.3 Å². The lowest BCUT2D eigenvalue weighted by Crippen LogP contribution is -2.36. The number of ether oxygens (including phenoxy) is 2. The van der Waals surface area contributed by atoms with Crippen LogP contribution < -0.4 is 20.1 Å². The highest BCUT2D eigenvalue weighted by Crippen LogP contribution is 2.31. The number of halogens is 2. The van der Waals surface area contributed by atoms with Gasteiger partial charge in [-0.1, -0.05) is 38.1 Å². The molecular formula is C22H34Cl2N2O2. The van der Waals surface area contributed by atoms with E-state index in [2.05, 4.69) is 48.7 Å². The molecule has 158 valence electrons. The highest BCUT2D eigenvalue weighted by atomic mass is 35.5. The molecule has 2 atom stereocenters. The maximum Gasteiger partial charge on any atom is 0.118 e. The van der Waals surface area contributed by atoms with Crippen LogP contribution in [-0.2, 0) is 0 Å². The number of nitrogens with one attached hydrogen (secondary N) is 2. The van der Waals surface area contributed by atoms with Crippen molar-refractivity contribution < 1.29 is 9.47 Å². The molecule has 2 rings (SSSR count). The Balaban J connectivity index is 0.00000364. The summed E-state index contributed by atoms with van der Waals surface area (Å²) in [7, 11) is 3.40. The van der Waals surface area contributed by atoms with E-state index in [1.807, 2.05) is 24.3 Å². The molecule has 0 aliphatic rings. The van der Waals surface area contributed by atoms with Gasteiger partial charge in [0.15, 0.2) is 0 Å². The Labute approximate surface area is 182 Å². The largest absolute Gasteiger partial charge is 0.497 e. The highest BCUT2D eigenvalue weighted by molar-refractivity contribution is 5.85. The number of benzene rings is 2. The van der Waals surface area contributed by atoms with Crippen LogP contribution in [0, 0.1) is 0 Å².